The fourth-order valence-corrected chi connectivity index (χ4v) is 2.94. The third-order valence-electron chi connectivity index (χ3n) is 3.75. The van der Waals surface area contributed by atoms with Gasteiger partial charge in [0.2, 0.25) is 0 Å². The first-order valence-electron chi connectivity index (χ1n) is 7.10. The van der Waals surface area contributed by atoms with E-state index in [1.54, 1.807) is 6.20 Å². The summed E-state index contributed by atoms with van der Waals surface area (Å²) in [5, 5.41) is 6.24. The van der Waals surface area contributed by atoms with Crippen molar-refractivity contribution in [1.82, 2.24) is 9.97 Å². The predicted octanol–water partition coefficient (Wildman–Crippen LogP) is 5.42. The van der Waals surface area contributed by atoms with Crippen LogP contribution in [0.3, 0.4) is 0 Å². The molecule has 4 aromatic rings. The van der Waals surface area contributed by atoms with Crippen LogP contribution in [0.2, 0.25) is 5.02 Å². The Kier molecular flexibility index (Phi) is 3.01. The number of H-pyrrole nitrogens is 1. The van der Waals surface area contributed by atoms with Crippen LogP contribution in [0.15, 0.2) is 54.7 Å². The number of para-hydroxylation sites is 1. The van der Waals surface area contributed by atoms with E-state index in [0.717, 1.165) is 33.5 Å². The van der Waals surface area contributed by atoms with Crippen LogP contribution in [0, 0.1) is 6.92 Å². The van der Waals surface area contributed by atoms with Crippen molar-refractivity contribution in [2.24, 2.45) is 0 Å². The first-order chi connectivity index (χ1) is 10.7. The first kappa shape index (κ1) is 13.2. The van der Waals surface area contributed by atoms with Gasteiger partial charge in [-0.3, -0.25) is 4.98 Å². The normalized spacial score (nSPS) is 11.2. The molecule has 2 heterocycles. The number of hydrogen-bond acceptors (Lipinski definition) is 2. The van der Waals surface area contributed by atoms with Crippen LogP contribution in [0.5, 0.6) is 0 Å². The van der Waals surface area contributed by atoms with Gasteiger partial charge in [-0.25, -0.2) is 0 Å². The van der Waals surface area contributed by atoms with E-state index in [0.29, 0.717) is 5.02 Å². The number of anilines is 2. The van der Waals surface area contributed by atoms with Gasteiger partial charge in [-0.15, -0.1) is 0 Å². The highest BCUT2D eigenvalue weighted by Crippen LogP contribution is 2.33. The molecule has 0 aliphatic rings. The van der Waals surface area contributed by atoms with Crippen molar-refractivity contribution >= 4 is 44.8 Å². The molecular weight excluding hydrogens is 294 g/mol. The summed E-state index contributed by atoms with van der Waals surface area (Å²) in [5.74, 6) is 0. The quantitative estimate of drug-likeness (QED) is 0.519. The topological polar surface area (TPSA) is 40.7 Å². The molecule has 4 rings (SSSR count). The summed E-state index contributed by atoms with van der Waals surface area (Å²) < 4.78 is 0. The standard InChI is InChI=1S/C18H14ClN3/c1-11-8-12-9-13(6-7-16(12)21-11)22-18-14-4-2-3-5-17(14)20-10-15(18)19/h2-10,21H,1H3,(H,20,22). The van der Waals surface area contributed by atoms with Gasteiger partial charge in [0.05, 0.1) is 16.2 Å². The van der Waals surface area contributed by atoms with E-state index < -0.39 is 0 Å². The van der Waals surface area contributed by atoms with Gasteiger partial charge in [-0.2, -0.15) is 0 Å². The largest absolute Gasteiger partial charge is 0.359 e. The third-order valence-corrected chi connectivity index (χ3v) is 4.04. The van der Waals surface area contributed by atoms with Gasteiger partial charge in [0.15, 0.2) is 0 Å². The number of benzene rings is 2. The fourth-order valence-electron chi connectivity index (χ4n) is 2.74. The van der Waals surface area contributed by atoms with Crippen LogP contribution in [-0.4, -0.2) is 9.97 Å². The number of nitrogens with one attached hydrogen (secondary N) is 2. The molecule has 2 aromatic heterocycles. The molecule has 0 saturated carbocycles. The van der Waals surface area contributed by atoms with Crippen molar-refractivity contribution in [3.8, 4) is 0 Å². The van der Waals surface area contributed by atoms with Gasteiger partial charge in [0, 0.05) is 33.9 Å². The maximum atomic E-state index is 6.34. The lowest BCUT2D eigenvalue weighted by atomic mass is 10.1. The Hall–Kier alpha value is -2.52. The summed E-state index contributed by atoms with van der Waals surface area (Å²) in [7, 11) is 0. The minimum Gasteiger partial charge on any atom is -0.359 e. The molecule has 2 N–H and O–H groups in total. The molecule has 0 unspecified atom stereocenters. The summed E-state index contributed by atoms with van der Waals surface area (Å²) in [6.45, 7) is 2.06. The van der Waals surface area contributed by atoms with Gasteiger partial charge in [0.25, 0.3) is 0 Å². The zero-order chi connectivity index (χ0) is 15.1. The molecule has 0 spiro atoms. The number of halogens is 1. The minimum atomic E-state index is 0.615. The van der Waals surface area contributed by atoms with Gasteiger partial charge in [-0.1, -0.05) is 29.8 Å². The SMILES string of the molecule is Cc1cc2cc(Nc3c(Cl)cnc4ccccc34)ccc2[nH]1. The highest BCUT2D eigenvalue weighted by atomic mass is 35.5. The molecule has 0 saturated heterocycles. The van der Waals surface area contributed by atoms with Gasteiger partial charge in [-0.05, 0) is 37.3 Å². The number of rotatable bonds is 2. The molecule has 0 atom stereocenters. The lowest BCUT2D eigenvalue weighted by Gasteiger charge is -2.11. The zero-order valence-corrected chi connectivity index (χ0v) is 12.8. The molecule has 0 fully saturated rings. The summed E-state index contributed by atoms with van der Waals surface area (Å²) in [6.07, 6.45) is 1.69. The number of aromatic amines is 1. The van der Waals surface area contributed by atoms with E-state index in [9.17, 15) is 0 Å². The summed E-state index contributed by atoms with van der Waals surface area (Å²) in [5.41, 5.74) is 5.10. The lowest BCUT2D eigenvalue weighted by molar-refractivity contribution is 1.30. The second-order valence-electron chi connectivity index (χ2n) is 5.38. The molecule has 3 nitrogen and oxygen atoms in total. The van der Waals surface area contributed by atoms with Crippen molar-refractivity contribution in [3.63, 3.8) is 0 Å². The summed E-state index contributed by atoms with van der Waals surface area (Å²) in [6, 6.07) is 16.3. The molecule has 0 amide bonds. The number of nitrogens with zero attached hydrogens (tertiary/aromatic N) is 1. The molecule has 108 valence electrons. The van der Waals surface area contributed by atoms with Crippen LogP contribution < -0.4 is 5.32 Å². The van der Waals surface area contributed by atoms with Crippen LogP contribution in [0.1, 0.15) is 5.69 Å². The van der Waals surface area contributed by atoms with E-state index >= 15 is 0 Å². The predicted molar refractivity (Wildman–Crippen MR) is 93.1 cm³/mol. The van der Waals surface area contributed by atoms with Crippen LogP contribution in [0.4, 0.5) is 11.4 Å². The molecule has 0 aliphatic carbocycles. The van der Waals surface area contributed by atoms with Crippen molar-refractivity contribution in [1.29, 1.82) is 0 Å². The monoisotopic (exact) mass is 307 g/mol. The summed E-state index contributed by atoms with van der Waals surface area (Å²) in [4.78, 5) is 7.69. The van der Waals surface area contributed by atoms with Crippen LogP contribution in [-0.2, 0) is 0 Å². The highest BCUT2D eigenvalue weighted by Gasteiger charge is 2.08. The molecule has 22 heavy (non-hydrogen) atoms. The van der Waals surface area contributed by atoms with Crippen molar-refractivity contribution in [2.75, 3.05) is 5.32 Å². The van der Waals surface area contributed by atoms with Crippen molar-refractivity contribution in [3.05, 3.63) is 65.4 Å². The lowest BCUT2D eigenvalue weighted by Crippen LogP contribution is -1.94. The smallest absolute Gasteiger partial charge is 0.0830 e. The van der Waals surface area contributed by atoms with Gasteiger partial charge in [0.1, 0.15) is 0 Å². The Morgan fingerprint density at radius 1 is 1.09 bits per heavy atom. The molecule has 0 bridgehead atoms. The van der Waals surface area contributed by atoms with Crippen LogP contribution in [0.25, 0.3) is 21.8 Å². The van der Waals surface area contributed by atoms with Gasteiger partial charge >= 0.3 is 0 Å². The van der Waals surface area contributed by atoms with Crippen molar-refractivity contribution in [2.45, 2.75) is 6.92 Å². The number of aryl methyl sites for hydroxylation is 1. The Morgan fingerprint density at radius 3 is 2.86 bits per heavy atom. The Labute approximate surface area is 132 Å². The van der Waals surface area contributed by atoms with Gasteiger partial charge < -0.3 is 10.3 Å². The third kappa shape index (κ3) is 2.20. The average molecular weight is 308 g/mol. The van der Waals surface area contributed by atoms with E-state index in [4.69, 9.17) is 11.6 Å². The first-order valence-corrected chi connectivity index (χ1v) is 7.48. The Morgan fingerprint density at radius 2 is 1.95 bits per heavy atom. The minimum absolute atomic E-state index is 0.615. The van der Waals surface area contributed by atoms with Crippen LogP contribution >= 0.6 is 11.6 Å². The second-order valence-corrected chi connectivity index (χ2v) is 5.78. The summed E-state index contributed by atoms with van der Waals surface area (Å²) >= 11 is 6.34. The molecule has 0 radical (unpaired) electrons. The number of fused-ring (bicyclic) bond motifs is 2. The molecule has 4 heteroatoms. The van der Waals surface area contributed by atoms with Crippen molar-refractivity contribution < 1.29 is 0 Å². The van der Waals surface area contributed by atoms with E-state index in [2.05, 4.69) is 40.4 Å². The number of aromatic nitrogens is 2. The molecule has 0 aliphatic heterocycles. The van der Waals surface area contributed by atoms with E-state index in [-0.39, 0.29) is 0 Å². The fraction of sp³-hybridized carbons (Fsp3) is 0.0556. The number of hydrogen-bond donors (Lipinski definition) is 2. The Balaban J connectivity index is 1.83. The highest BCUT2D eigenvalue weighted by molar-refractivity contribution is 6.34. The molecular formula is C18H14ClN3. The zero-order valence-electron chi connectivity index (χ0n) is 12.0. The molecule has 2 aromatic carbocycles. The average Bonchev–Trinajstić information content (AvgIpc) is 2.89. The Bertz CT molecular complexity index is 988. The maximum absolute atomic E-state index is 6.34. The number of pyridine rings is 1. The maximum Gasteiger partial charge on any atom is 0.0830 e. The second kappa shape index (κ2) is 5.04. The van der Waals surface area contributed by atoms with E-state index in [1.165, 1.54) is 5.39 Å². The van der Waals surface area contributed by atoms with E-state index in [1.807, 2.05) is 30.3 Å².